The van der Waals surface area contributed by atoms with Crippen LogP contribution in [0.4, 0.5) is 0 Å². The first-order valence-corrected chi connectivity index (χ1v) is 7.99. The van der Waals surface area contributed by atoms with Crippen LogP contribution in [-0.2, 0) is 16.6 Å². The number of aryl methyl sites for hydroxylation is 1. The van der Waals surface area contributed by atoms with Crippen molar-refractivity contribution in [1.82, 2.24) is 4.90 Å². The van der Waals surface area contributed by atoms with Gasteiger partial charge in [0, 0.05) is 19.5 Å². The molecule has 0 fully saturated rings. The molecule has 0 aliphatic carbocycles. The number of benzene rings is 1. The number of hydrogen-bond donors (Lipinski definition) is 0. The molecule has 4 heteroatoms. The van der Waals surface area contributed by atoms with Crippen LogP contribution in [0.15, 0.2) is 24.3 Å². The van der Waals surface area contributed by atoms with E-state index in [0.717, 1.165) is 5.56 Å². The Morgan fingerprint density at radius 1 is 1.04 bits per heavy atom. The molecule has 0 aromatic heterocycles. The molecule has 0 N–H and O–H groups in total. The molecule has 0 saturated heterocycles. The Hall–Kier alpha value is -2.33. The van der Waals surface area contributed by atoms with E-state index in [0.29, 0.717) is 38.8 Å². The zero-order chi connectivity index (χ0) is 17.3. The number of nitriles is 2. The van der Waals surface area contributed by atoms with Crippen molar-refractivity contribution in [3.63, 3.8) is 0 Å². The predicted molar refractivity (Wildman–Crippen MR) is 90.5 cm³/mol. The standard InChI is InChI=1S/C19H25N3O/c1-19(2,3)17-9-6-16(7-10-17)8-11-18(23)22(14-4-12-20)15-5-13-21/h6-7,9-10H,4-5,8,11,14-15H2,1-3H3. The van der Waals surface area contributed by atoms with Crippen molar-refractivity contribution in [2.45, 2.75) is 51.9 Å². The first-order valence-electron chi connectivity index (χ1n) is 7.99. The molecule has 0 atom stereocenters. The van der Waals surface area contributed by atoms with Crippen molar-refractivity contribution in [2.24, 2.45) is 0 Å². The number of nitrogens with zero attached hydrogens (tertiary/aromatic N) is 3. The van der Waals surface area contributed by atoms with Crippen LogP contribution in [0.2, 0.25) is 0 Å². The summed E-state index contributed by atoms with van der Waals surface area (Å²) in [7, 11) is 0. The molecule has 0 aliphatic heterocycles. The van der Waals surface area contributed by atoms with E-state index in [-0.39, 0.29) is 11.3 Å². The molecule has 122 valence electrons. The maximum Gasteiger partial charge on any atom is 0.222 e. The van der Waals surface area contributed by atoms with Crippen LogP contribution in [0.3, 0.4) is 0 Å². The second kappa shape index (κ2) is 8.96. The van der Waals surface area contributed by atoms with Crippen molar-refractivity contribution in [1.29, 1.82) is 10.5 Å². The van der Waals surface area contributed by atoms with Crippen LogP contribution in [0.5, 0.6) is 0 Å². The summed E-state index contributed by atoms with van der Waals surface area (Å²) >= 11 is 0. The Balaban J connectivity index is 2.59. The summed E-state index contributed by atoms with van der Waals surface area (Å²) in [6, 6.07) is 12.5. The molecular formula is C19H25N3O. The Morgan fingerprint density at radius 3 is 2.00 bits per heavy atom. The van der Waals surface area contributed by atoms with Gasteiger partial charge >= 0.3 is 0 Å². The lowest BCUT2D eigenvalue weighted by atomic mass is 9.86. The molecule has 1 aromatic carbocycles. The van der Waals surface area contributed by atoms with Gasteiger partial charge in [0.2, 0.25) is 5.91 Å². The van der Waals surface area contributed by atoms with E-state index in [2.05, 4.69) is 45.0 Å². The maximum atomic E-state index is 12.3. The monoisotopic (exact) mass is 311 g/mol. The van der Waals surface area contributed by atoms with Crippen molar-refractivity contribution in [2.75, 3.05) is 13.1 Å². The molecule has 1 rings (SSSR count). The molecule has 23 heavy (non-hydrogen) atoms. The van der Waals surface area contributed by atoms with Gasteiger partial charge < -0.3 is 4.90 Å². The van der Waals surface area contributed by atoms with E-state index in [4.69, 9.17) is 10.5 Å². The lowest BCUT2D eigenvalue weighted by molar-refractivity contribution is -0.131. The van der Waals surface area contributed by atoms with Crippen molar-refractivity contribution in [3.05, 3.63) is 35.4 Å². The van der Waals surface area contributed by atoms with Gasteiger partial charge in [-0.05, 0) is 23.0 Å². The normalized spacial score (nSPS) is 10.7. The SMILES string of the molecule is CC(C)(C)c1ccc(CCC(=O)N(CCC#N)CCC#N)cc1. The topological polar surface area (TPSA) is 67.9 Å². The number of amides is 1. The molecule has 0 bridgehead atoms. The number of carbonyl (C=O) groups excluding carboxylic acids is 1. The number of rotatable bonds is 7. The first kappa shape index (κ1) is 18.7. The predicted octanol–water partition coefficient (Wildman–Crippen LogP) is 3.57. The first-order chi connectivity index (χ1) is 10.9. The van der Waals surface area contributed by atoms with Crippen LogP contribution < -0.4 is 0 Å². The minimum absolute atomic E-state index is 0.00963. The highest BCUT2D eigenvalue weighted by Gasteiger charge is 2.15. The maximum absolute atomic E-state index is 12.3. The summed E-state index contributed by atoms with van der Waals surface area (Å²) in [6.45, 7) is 7.33. The van der Waals surface area contributed by atoms with Crippen LogP contribution in [-0.4, -0.2) is 23.9 Å². The Labute approximate surface area is 139 Å². The Kier molecular flexibility index (Phi) is 7.29. The van der Waals surface area contributed by atoms with Crippen molar-refractivity contribution < 1.29 is 4.79 Å². The molecule has 1 aromatic rings. The van der Waals surface area contributed by atoms with Gasteiger partial charge in [-0.2, -0.15) is 10.5 Å². The second-order valence-electron chi connectivity index (χ2n) is 6.64. The Morgan fingerprint density at radius 2 is 1.57 bits per heavy atom. The Bertz CT molecular complexity index is 567. The largest absolute Gasteiger partial charge is 0.341 e. The number of hydrogen-bond acceptors (Lipinski definition) is 3. The minimum atomic E-state index is 0.00963. The van der Waals surface area contributed by atoms with E-state index < -0.39 is 0 Å². The quantitative estimate of drug-likeness (QED) is 0.773. The van der Waals surface area contributed by atoms with Gasteiger partial charge in [0.1, 0.15) is 0 Å². The summed E-state index contributed by atoms with van der Waals surface area (Å²) in [5.74, 6) is 0.00963. The van der Waals surface area contributed by atoms with Gasteiger partial charge in [-0.1, -0.05) is 45.0 Å². The van der Waals surface area contributed by atoms with Crippen molar-refractivity contribution in [3.8, 4) is 12.1 Å². The van der Waals surface area contributed by atoms with Crippen LogP contribution in [0.25, 0.3) is 0 Å². The van der Waals surface area contributed by atoms with Gasteiger partial charge in [0.05, 0.1) is 25.0 Å². The minimum Gasteiger partial charge on any atom is -0.341 e. The van der Waals surface area contributed by atoms with Crippen LogP contribution in [0.1, 0.15) is 51.2 Å². The number of carbonyl (C=O) groups is 1. The summed E-state index contributed by atoms with van der Waals surface area (Å²) in [5, 5.41) is 17.3. The lowest BCUT2D eigenvalue weighted by Crippen LogP contribution is -2.32. The van der Waals surface area contributed by atoms with Crippen LogP contribution >= 0.6 is 0 Å². The van der Waals surface area contributed by atoms with Gasteiger partial charge in [0.25, 0.3) is 0 Å². The smallest absolute Gasteiger partial charge is 0.222 e. The fourth-order valence-electron chi connectivity index (χ4n) is 2.31. The van der Waals surface area contributed by atoms with E-state index in [9.17, 15) is 4.79 Å². The average Bonchev–Trinajstić information content (AvgIpc) is 2.52. The third kappa shape index (κ3) is 6.53. The highest BCUT2D eigenvalue weighted by molar-refractivity contribution is 5.76. The fraction of sp³-hybridized carbons (Fsp3) is 0.526. The molecule has 0 heterocycles. The molecule has 4 nitrogen and oxygen atoms in total. The lowest BCUT2D eigenvalue weighted by Gasteiger charge is -2.21. The second-order valence-corrected chi connectivity index (χ2v) is 6.64. The van der Waals surface area contributed by atoms with Gasteiger partial charge in [-0.25, -0.2) is 0 Å². The van der Waals surface area contributed by atoms with E-state index in [1.165, 1.54) is 5.56 Å². The molecule has 0 aliphatic rings. The van der Waals surface area contributed by atoms with Gasteiger partial charge in [-0.3, -0.25) is 4.79 Å². The summed E-state index contributed by atoms with van der Waals surface area (Å²) in [4.78, 5) is 13.9. The van der Waals surface area contributed by atoms with E-state index in [1.807, 2.05) is 12.1 Å². The summed E-state index contributed by atoms with van der Waals surface area (Å²) in [6.07, 6.45) is 1.69. The van der Waals surface area contributed by atoms with E-state index in [1.54, 1.807) is 4.90 Å². The molecule has 0 radical (unpaired) electrons. The van der Waals surface area contributed by atoms with E-state index >= 15 is 0 Å². The molecule has 1 amide bonds. The zero-order valence-electron chi connectivity index (χ0n) is 14.3. The molecule has 0 unspecified atom stereocenters. The zero-order valence-corrected chi connectivity index (χ0v) is 14.3. The highest BCUT2D eigenvalue weighted by Crippen LogP contribution is 2.22. The van der Waals surface area contributed by atoms with Crippen LogP contribution in [0, 0.1) is 22.7 Å². The molecule has 0 spiro atoms. The fourth-order valence-corrected chi connectivity index (χ4v) is 2.31. The van der Waals surface area contributed by atoms with Crippen molar-refractivity contribution >= 4 is 5.91 Å². The summed E-state index contributed by atoms with van der Waals surface area (Å²) in [5.41, 5.74) is 2.53. The molecular weight excluding hydrogens is 286 g/mol. The van der Waals surface area contributed by atoms with Gasteiger partial charge in [0.15, 0.2) is 0 Å². The average molecular weight is 311 g/mol. The van der Waals surface area contributed by atoms with Gasteiger partial charge in [-0.15, -0.1) is 0 Å². The third-order valence-corrected chi connectivity index (χ3v) is 3.79. The molecule has 0 saturated carbocycles. The third-order valence-electron chi connectivity index (χ3n) is 3.79. The highest BCUT2D eigenvalue weighted by atomic mass is 16.2. The summed E-state index contributed by atoms with van der Waals surface area (Å²) < 4.78 is 0.